The average molecular weight is 380 g/mol. The van der Waals surface area contributed by atoms with Crippen LogP contribution in [0.1, 0.15) is 18.4 Å². The summed E-state index contributed by atoms with van der Waals surface area (Å²) in [5.41, 5.74) is 1.17. The zero-order valence-corrected chi connectivity index (χ0v) is 16.2. The van der Waals surface area contributed by atoms with Gasteiger partial charge in [0.05, 0.1) is 26.4 Å². The summed E-state index contributed by atoms with van der Waals surface area (Å²) in [6, 6.07) is 5.97. The number of methoxy groups -OCH3 is 1. The van der Waals surface area contributed by atoms with Crippen molar-refractivity contribution in [3.8, 4) is 11.5 Å². The molecule has 0 radical (unpaired) electrons. The molecule has 2 heterocycles. The molecule has 0 amide bonds. The molecule has 3 rings (SSSR count). The second-order valence-corrected chi connectivity index (χ2v) is 7.37. The Labute approximate surface area is 161 Å². The number of likely N-dealkylation sites (tertiary alicyclic amines) is 1. The fourth-order valence-corrected chi connectivity index (χ4v) is 3.59. The lowest BCUT2D eigenvalue weighted by molar-refractivity contribution is 0.0330. The average Bonchev–Trinajstić information content (AvgIpc) is 2.69. The van der Waals surface area contributed by atoms with Gasteiger partial charge in [-0.2, -0.15) is 0 Å². The molecule has 1 aromatic rings. The third-order valence-corrected chi connectivity index (χ3v) is 5.20. The zero-order valence-electron chi connectivity index (χ0n) is 16.2. The smallest absolute Gasteiger partial charge is 0.161 e. The standard InChI is InChI=1S/C20H32N2O5/c1-25-20-12-16(13-22-8-10-26-11-9-22)2-3-19(20)27-15-18(24)14-21-6-4-17(23)5-7-21/h2-3,12,17-18,23-24H,4-11,13-15H2,1H3. The number of nitrogens with zero attached hydrogens (tertiary/aromatic N) is 2. The van der Waals surface area contributed by atoms with Gasteiger partial charge in [0.15, 0.2) is 11.5 Å². The van der Waals surface area contributed by atoms with Crippen LogP contribution in [0.3, 0.4) is 0 Å². The van der Waals surface area contributed by atoms with Crippen LogP contribution < -0.4 is 9.47 Å². The maximum Gasteiger partial charge on any atom is 0.161 e. The molecule has 1 unspecified atom stereocenters. The summed E-state index contributed by atoms with van der Waals surface area (Å²) < 4.78 is 16.7. The molecule has 7 nitrogen and oxygen atoms in total. The van der Waals surface area contributed by atoms with E-state index in [-0.39, 0.29) is 12.7 Å². The molecule has 2 aliphatic heterocycles. The van der Waals surface area contributed by atoms with Crippen LogP contribution in [0, 0.1) is 0 Å². The topological polar surface area (TPSA) is 74.6 Å². The first-order valence-electron chi connectivity index (χ1n) is 9.82. The van der Waals surface area contributed by atoms with Gasteiger partial charge in [-0.25, -0.2) is 0 Å². The van der Waals surface area contributed by atoms with Gasteiger partial charge >= 0.3 is 0 Å². The van der Waals surface area contributed by atoms with Crippen LogP contribution in [0.5, 0.6) is 11.5 Å². The number of morpholine rings is 1. The highest BCUT2D eigenvalue weighted by molar-refractivity contribution is 5.43. The Hall–Kier alpha value is -1.38. The quantitative estimate of drug-likeness (QED) is 0.688. The normalized spacial score (nSPS) is 21.1. The van der Waals surface area contributed by atoms with Crippen LogP contribution in [0.25, 0.3) is 0 Å². The number of rotatable bonds is 8. The molecule has 2 aliphatic rings. The predicted molar refractivity (Wildman–Crippen MR) is 102 cm³/mol. The van der Waals surface area contributed by atoms with E-state index < -0.39 is 6.10 Å². The van der Waals surface area contributed by atoms with E-state index in [0.29, 0.717) is 18.0 Å². The number of benzene rings is 1. The van der Waals surface area contributed by atoms with E-state index in [0.717, 1.165) is 58.8 Å². The van der Waals surface area contributed by atoms with Crippen molar-refractivity contribution in [3.63, 3.8) is 0 Å². The van der Waals surface area contributed by atoms with Crippen LogP contribution in [0.2, 0.25) is 0 Å². The zero-order chi connectivity index (χ0) is 19.1. The molecule has 7 heteroatoms. The Morgan fingerprint density at radius 2 is 1.85 bits per heavy atom. The minimum Gasteiger partial charge on any atom is -0.493 e. The maximum absolute atomic E-state index is 10.3. The number of β-amino-alcohol motifs (C(OH)–C–C–N with tert-alkyl or cyclic N) is 1. The first-order valence-corrected chi connectivity index (χ1v) is 9.82. The Morgan fingerprint density at radius 1 is 1.11 bits per heavy atom. The van der Waals surface area contributed by atoms with Crippen molar-refractivity contribution in [1.29, 1.82) is 0 Å². The Kier molecular flexibility index (Phi) is 7.72. The SMILES string of the molecule is COc1cc(CN2CCOCC2)ccc1OCC(O)CN1CCC(O)CC1. The number of hydrogen-bond acceptors (Lipinski definition) is 7. The number of aliphatic hydroxyl groups excluding tert-OH is 2. The molecule has 2 fully saturated rings. The van der Waals surface area contributed by atoms with Crippen molar-refractivity contribution < 1.29 is 24.4 Å². The van der Waals surface area contributed by atoms with E-state index >= 15 is 0 Å². The van der Waals surface area contributed by atoms with Gasteiger partial charge in [-0.05, 0) is 30.5 Å². The summed E-state index contributed by atoms with van der Waals surface area (Å²) in [6.45, 7) is 6.74. The van der Waals surface area contributed by atoms with Gasteiger partial charge < -0.3 is 29.3 Å². The molecule has 2 saturated heterocycles. The van der Waals surface area contributed by atoms with Crippen molar-refractivity contribution in [3.05, 3.63) is 23.8 Å². The first-order chi connectivity index (χ1) is 13.1. The second kappa shape index (κ2) is 10.2. The van der Waals surface area contributed by atoms with Crippen molar-refractivity contribution in [2.75, 3.05) is 59.7 Å². The van der Waals surface area contributed by atoms with E-state index in [1.807, 2.05) is 18.2 Å². The molecule has 0 saturated carbocycles. The first kappa shape index (κ1) is 20.4. The number of hydrogen-bond donors (Lipinski definition) is 2. The number of aliphatic hydroxyl groups is 2. The summed E-state index contributed by atoms with van der Waals surface area (Å²) in [5.74, 6) is 1.34. The lowest BCUT2D eigenvalue weighted by Crippen LogP contribution is -2.41. The van der Waals surface area contributed by atoms with E-state index in [1.54, 1.807) is 7.11 Å². The third kappa shape index (κ3) is 6.33. The van der Waals surface area contributed by atoms with Crippen molar-refractivity contribution >= 4 is 0 Å². The fraction of sp³-hybridized carbons (Fsp3) is 0.700. The van der Waals surface area contributed by atoms with E-state index in [9.17, 15) is 10.2 Å². The highest BCUT2D eigenvalue weighted by Crippen LogP contribution is 2.29. The predicted octanol–water partition coefficient (Wildman–Crippen LogP) is 0.724. The van der Waals surface area contributed by atoms with E-state index in [4.69, 9.17) is 14.2 Å². The maximum atomic E-state index is 10.3. The third-order valence-electron chi connectivity index (χ3n) is 5.20. The summed E-state index contributed by atoms with van der Waals surface area (Å²) in [5, 5.41) is 19.8. The summed E-state index contributed by atoms with van der Waals surface area (Å²) in [7, 11) is 1.64. The molecule has 0 spiro atoms. The largest absolute Gasteiger partial charge is 0.493 e. The van der Waals surface area contributed by atoms with Crippen molar-refractivity contribution in [2.24, 2.45) is 0 Å². The number of piperidine rings is 1. The minimum absolute atomic E-state index is 0.199. The molecular formula is C20H32N2O5. The minimum atomic E-state index is -0.571. The van der Waals surface area contributed by atoms with Crippen molar-refractivity contribution in [2.45, 2.75) is 31.6 Å². The van der Waals surface area contributed by atoms with Crippen molar-refractivity contribution in [1.82, 2.24) is 9.80 Å². The van der Waals surface area contributed by atoms with Gasteiger partial charge in [0.2, 0.25) is 0 Å². The molecule has 2 N–H and O–H groups in total. The summed E-state index contributed by atoms with van der Waals surface area (Å²) >= 11 is 0. The lowest BCUT2D eigenvalue weighted by atomic mass is 10.1. The monoisotopic (exact) mass is 380 g/mol. The molecule has 1 aromatic carbocycles. The molecule has 1 atom stereocenters. The van der Waals surface area contributed by atoms with Gasteiger partial charge in [-0.15, -0.1) is 0 Å². The van der Waals surface area contributed by atoms with Gasteiger partial charge in [-0.3, -0.25) is 4.90 Å². The lowest BCUT2D eigenvalue weighted by Gasteiger charge is -2.31. The summed E-state index contributed by atoms with van der Waals surface area (Å²) in [6.07, 6.45) is 0.769. The molecule has 27 heavy (non-hydrogen) atoms. The van der Waals surface area contributed by atoms with Gasteiger partial charge in [-0.1, -0.05) is 6.07 Å². The molecule has 0 aromatic heterocycles. The van der Waals surface area contributed by atoms with Crippen LogP contribution in [0.4, 0.5) is 0 Å². The fourth-order valence-electron chi connectivity index (χ4n) is 3.59. The van der Waals surface area contributed by atoms with Crippen LogP contribution in [0.15, 0.2) is 18.2 Å². The van der Waals surface area contributed by atoms with Crippen LogP contribution in [-0.2, 0) is 11.3 Å². The number of ether oxygens (including phenoxy) is 3. The van der Waals surface area contributed by atoms with E-state index in [1.165, 1.54) is 5.56 Å². The van der Waals surface area contributed by atoms with E-state index in [2.05, 4.69) is 9.80 Å². The van der Waals surface area contributed by atoms with Crippen LogP contribution in [-0.4, -0.2) is 91.9 Å². The van der Waals surface area contributed by atoms with Gasteiger partial charge in [0.25, 0.3) is 0 Å². The molecule has 0 aliphatic carbocycles. The second-order valence-electron chi connectivity index (χ2n) is 7.37. The highest BCUT2D eigenvalue weighted by atomic mass is 16.5. The molecule has 152 valence electrons. The Morgan fingerprint density at radius 3 is 2.56 bits per heavy atom. The highest BCUT2D eigenvalue weighted by Gasteiger charge is 2.20. The Bertz CT molecular complexity index is 571. The van der Waals surface area contributed by atoms with Gasteiger partial charge in [0, 0.05) is 39.3 Å². The Balaban J connectivity index is 1.48. The molecule has 0 bridgehead atoms. The molecular weight excluding hydrogens is 348 g/mol. The summed E-state index contributed by atoms with van der Waals surface area (Å²) in [4.78, 5) is 4.53. The van der Waals surface area contributed by atoms with Crippen LogP contribution >= 0.6 is 0 Å². The van der Waals surface area contributed by atoms with Gasteiger partial charge in [0.1, 0.15) is 12.7 Å².